The van der Waals surface area contributed by atoms with Crippen molar-refractivity contribution in [2.45, 2.75) is 36.3 Å². The van der Waals surface area contributed by atoms with E-state index in [1.165, 1.54) is 72.8 Å². The van der Waals surface area contributed by atoms with Crippen molar-refractivity contribution in [1.29, 1.82) is 0 Å². The smallest absolute Gasteiger partial charge is 0.306 e. The molecule has 4 unspecified atom stereocenters. The minimum atomic E-state index is -3.76. The van der Waals surface area contributed by atoms with E-state index in [1.807, 2.05) is 0 Å². The number of hydrogen-bond acceptors (Lipinski definition) is 4. The lowest BCUT2D eigenvalue weighted by molar-refractivity contribution is -0.181. The number of aliphatic hydroxyl groups excluding tert-OH is 4. The van der Waals surface area contributed by atoms with Gasteiger partial charge in [-0.1, -0.05) is 108 Å². The molecule has 4 aromatic carbocycles. The summed E-state index contributed by atoms with van der Waals surface area (Å²) in [5, 5.41) is 40.0. The summed E-state index contributed by atoms with van der Waals surface area (Å²) in [7, 11) is 0. The SMILES string of the molecule is OC(c1ccc(Cl)cc1)C(F)(F)C(O)c1ccc(Cl)cc1.OC(c1ccccc1)C(F)(F)C(O)c1ccccc1. The van der Waals surface area contributed by atoms with E-state index >= 15 is 0 Å². The van der Waals surface area contributed by atoms with Gasteiger partial charge in [-0.25, -0.2) is 17.6 Å². The topological polar surface area (TPSA) is 80.9 Å². The number of hydrogen-bond donors (Lipinski definition) is 4. The van der Waals surface area contributed by atoms with Crippen LogP contribution in [0.4, 0.5) is 17.6 Å². The van der Waals surface area contributed by atoms with Crippen LogP contribution in [-0.4, -0.2) is 32.3 Å². The first-order valence-corrected chi connectivity index (χ1v) is 12.7. The van der Waals surface area contributed by atoms with E-state index in [0.717, 1.165) is 0 Å². The van der Waals surface area contributed by atoms with Crippen LogP contribution in [0.25, 0.3) is 0 Å². The predicted octanol–water partition coefficient (Wildman–Crippen LogP) is 7.48. The Morgan fingerprint density at radius 1 is 0.400 bits per heavy atom. The molecule has 4 nitrogen and oxygen atoms in total. The van der Waals surface area contributed by atoms with Gasteiger partial charge in [0.15, 0.2) is 0 Å². The molecule has 4 rings (SSSR count). The van der Waals surface area contributed by atoms with Gasteiger partial charge in [-0.2, -0.15) is 0 Å². The first-order valence-electron chi connectivity index (χ1n) is 11.9. The van der Waals surface area contributed by atoms with Gasteiger partial charge in [0.05, 0.1) is 0 Å². The maximum atomic E-state index is 14.2. The van der Waals surface area contributed by atoms with Crippen molar-refractivity contribution in [3.63, 3.8) is 0 Å². The molecule has 0 saturated heterocycles. The maximum absolute atomic E-state index is 14.2. The van der Waals surface area contributed by atoms with E-state index in [4.69, 9.17) is 23.2 Å². The van der Waals surface area contributed by atoms with Gasteiger partial charge in [0.1, 0.15) is 24.4 Å². The minimum Gasteiger partial charge on any atom is -0.382 e. The highest BCUT2D eigenvalue weighted by Crippen LogP contribution is 2.42. The van der Waals surface area contributed by atoms with Crippen molar-refractivity contribution in [1.82, 2.24) is 0 Å². The quantitative estimate of drug-likeness (QED) is 0.159. The second kappa shape index (κ2) is 13.6. The van der Waals surface area contributed by atoms with Crippen molar-refractivity contribution in [3.05, 3.63) is 141 Å². The summed E-state index contributed by atoms with van der Waals surface area (Å²) in [5.41, 5.74) is 0.0831. The Kier molecular flexibility index (Phi) is 10.7. The fraction of sp³-hybridized carbons (Fsp3) is 0.200. The van der Waals surface area contributed by atoms with Crippen LogP contribution < -0.4 is 0 Å². The Morgan fingerprint density at radius 3 is 0.875 bits per heavy atom. The largest absolute Gasteiger partial charge is 0.382 e. The molecule has 0 fully saturated rings. The van der Waals surface area contributed by atoms with Gasteiger partial charge in [0.2, 0.25) is 0 Å². The fourth-order valence-electron chi connectivity index (χ4n) is 3.75. The summed E-state index contributed by atoms with van der Waals surface area (Å²) in [5.74, 6) is -7.43. The highest BCUT2D eigenvalue weighted by molar-refractivity contribution is 6.30. The van der Waals surface area contributed by atoms with Gasteiger partial charge in [-0.3, -0.25) is 0 Å². The van der Waals surface area contributed by atoms with E-state index in [1.54, 1.807) is 36.4 Å². The van der Waals surface area contributed by atoms with E-state index in [0.29, 0.717) is 10.0 Å². The molecule has 0 saturated carbocycles. The van der Waals surface area contributed by atoms with E-state index in [-0.39, 0.29) is 22.3 Å². The zero-order valence-electron chi connectivity index (χ0n) is 20.8. The number of halogens is 6. The molecule has 212 valence electrons. The summed E-state index contributed by atoms with van der Waals surface area (Å²) in [6.07, 6.45) is -8.41. The van der Waals surface area contributed by atoms with Crippen LogP contribution in [0.1, 0.15) is 46.7 Å². The first kappa shape index (κ1) is 31.5. The lowest BCUT2D eigenvalue weighted by Gasteiger charge is -2.28. The van der Waals surface area contributed by atoms with Crippen molar-refractivity contribution in [3.8, 4) is 0 Å². The highest BCUT2D eigenvalue weighted by atomic mass is 35.5. The van der Waals surface area contributed by atoms with E-state index in [9.17, 15) is 38.0 Å². The van der Waals surface area contributed by atoms with Gasteiger partial charge < -0.3 is 20.4 Å². The number of benzene rings is 4. The van der Waals surface area contributed by atoms with Crippen LogP contribution in [0.15, 0.2) is 109 Å². The molecule has 4 atom stereocenters. The third-order valence-electron chi connectivity index (χ3n) is 6.06. The fourth-order valence-corrected chi connectivity index (χ4v) is 4.00. The number of rotatable bonds is 8. The van der Waals surface area contributed by atoms with E-state index in [2.05, 4.69) is 0 Å². The van der Waals surface area contributed by atoms with Crippen LogP contribution in [-0.2, 0) is 0 Å². The monoisotopic (exact) mass is 596 g/mol. The molecule has 0 heterocycles. The third-order valence-corrected chi connectivity index (χ3v) is 6.56. The van der Waals surface area contributed by atoms with Gasteiger partial charge in [-0.05, 0) is 46.5 Å². The molecule has 4 aromatic rings. The minimum absolute atomic E-state index is 0.0302. The Morgan fingerprint density at radius 2 is 0.625 bits per heavy atom. The van der Waals surface area contributed by atoms with Gasteiger partial charge in [0.25, 0.3) is 0 Å². The standard InChI is InChI=1S/C15H12Cl2F2O2.C15H14F2O2/c16-11-5-1-9(2-6-11)13(20)15(18,19)14(21)10-3-7-12(17)8-4-10;16-15(17,13(18)11-7-3-1-4-8-11)14(19)12-9-5-2-6-10-12/h1-8,13-14,20-21H;1-10,13-14,18-19H. The van der Waals surface area contributed by atoms with E-state index < -0.39 is 36.3 Å². The van der Waals surface area contributed by atoms with Gasteiger partial charge in [0, 0.05) is 10.0 Å². The second-order valence-electron chi connectivity index (χ2n) is 8.88. The maximum Gasteiger partial charge on any atom is 0.306 e. The second-order valence-corrected chi connectivity index (χ2v) is 9.76. The molecule has 0 aliphatic carbocycles. The van der Waals surface area contributed by atoms with Crippen LogP contribution in [0.3, 0.4) is 0 Å². The Balaban J connectivity index is 0.000000222. The molecule has 0 aromatic heterocycles. The number of aliphatic hydroxyl groups is 4. The third kappa shape index (κ3) is 7.60. The first-order chi connectivity index (χ1) is 18.9. The molecular weight excluding hydrogens is 571 g/mol. The lowest BCUT2D eigenvalue weighted by atomic mass is 9.95. The Hall–Kier alpha value is -2.98. The molecule has 4 N–H and O–H groups in total. The molecule has 0 radical (unpaired) electrons. The molecule has 0 aliphatic heterocycles. The summed E-state index contributed by atoms with van der Waals surface area (Å²) < 4.78 is 56.6. The summed E-state index contributed by atoms with van der Waals surface area (Å²) >= 11 is 11.3. The summed E-state index contributed by atoms with van der Waals surface area (Å²) in [6.45, 7) is 0. The molecular formula is C30H26Cl2F4O4. The van der Waals surface area contributed by atoms with Crippen molar-refractivity contribution >= 4 is 23.2 Å². The van der Waals surface area contributed by atoms with Crippen LogP contribution in [0.2, 0.25) is 10.0 Å². The predicted molar refractivity (Wildman–Crippen MR) is 146 cm³/mol. The molecule has 0 bridgehead atoms. The van der Waals surface area contributed by atoms with Gasteiger partial charge in [-0.15, -0.1) is 0 Å². The normalized spacial score (nSPS) is 14.8. The number of alkyl halides is 4. The molecule has 0 aliphatic rings. The van der Waals surface area contributed by atoms with Gasteiger partial charge >= 0.3 is 11.8 Å². The summed E-state index contributed by atoms with van der Waals surface area (Å²) in [6, 6.07) is 25.9. The lowest BCUT2D eigenvalue weighted by Crippen LogP contribution is -2.33. The molecule has 10 heteroatoms. The van der Waals surface area contributed by atoms with Crippen molar-refractivity contribution < 1.29 is 38.0 Å². The molecule has 0 amide bonds. The zero-order valence-corrected chi connectivity index (χ0v) is 22.3. The van der Waals surface area contributed by atoms with Crippen LogP contribution in [0.5, 0.6) is 0 Å². The zero-order chi connectivity index (χ0) is 29.5. The Bertz CT molecular complexity index is 1220. The van der Waals surface area contributed by atoms with Crippen molar-refractivity contribution in [2.24, 2.45) is 0 Å². The molecule has 0 spiro atoms. The average Bonchev–Trinajstić information content (AvgIpc) is 2.97. The molecule has 40 heavy (non-hydrogen) atoms. The Labute approximate surface area is 238 Å². The average molecular weight is 597 g/mol. The summed E-state index contributed by atoms with van der Waals surface area (Å²) in [4.78, 5) is 0. The highest BCUT2D eigenvalue weighted by Gasteiger charge is 2.48. The van der Waals surface area contributed by atoms with Crippen molar-refractivity contribution in [2.75, 3.05) is 0 Å². The van der Waals surface area contributed by atoms with Crippen LogP contribution in [0, 0.1) is 0 Å². The van der Waals surface area contributed by atoms with Crippen LogP contribution >= 0.6 is 23.2 Å².